The normalized spacial score (nSPS) is 30.6. The molecule has 14 heavy (non-hydrogen) atoms. The molecule has 2 N–H and O–H groups in total. The number of hydrogen-bond donors (Lipinski definition) is 2. The van der Waals surface area contributed by atoms with Crippen LogP contribution in [0.4, 0.5) is 8.78 Å². The van der Waals surface area contributed by atoms with Crippen molar-refractivity contribution in [1.29, 1.82) is 0 Å². The van der Waals surface area contributed by atoms with Gasteiger partial charge in [0.25, 0.3) is 5.92 Å². The van der Waals surface area contributed by atoms with Crippen LogP contribution in [0.1, 0.15) is 20.3 Å². The first kappa shape index (κ1) is 10.9. The van der Waals surface area contributed by atoms with Crippen LogP contribution >= 0.6 is 0 Å². The summed E-state index contributed by atoms with van der Waals surface area (Å²) in [6.45, 7) is 2.35. The first-order valence-corrected chi connectivity index (χ1v) is 4.12. The quantitative estimate of drug-likeness (QED) is 0.713. The molecule has 1 rings (SSSR count). The van der Waals surface area contributed by atoms with Gasteiger partial charge in [0, 0.05) is 6.42 Å². The summed E-state index contributed by atoms with van der Waals surface area (Å²) < 4.78 is 25.3. The number of hydrogen-bond acceptors (Lipinski definition) is 2. The SMILES string of the molecule is C[C@@H](NC(=O)C1(C)CC1(F)F)C(=O)O. The summed E-state index contributed by atoms with van der Waals surface area (Å²) >= 11 is 0. The molecule has 0 bridgehead atoms. The Balaban J connectivity index is 2.57. The summed E-state index contributed by atoms with van der Waals surface area (Å²) in [5.41, 5.74) is -1.73. The fraction of sp³-hybridized carbons (Fsp3) is 0.750. The van der Waals surface area contributed by atoms with Crippen LogP contribution in [0.5, 0.6) is 0 Å². The van der Waals surface area contributed by atoms with Crippen molar-refractivity contribution in [3.8, 4) is 0 Å². The highest BCUT2D eigenvalue weighted by atomic mass is 19.3. The molecule has 4 nitrogen and oxygen atoms in total. The molecule has 1 amide bonds. The molecule has 1 saturated carbocycles. The molecule has 2 atom stereocenters. The van der Waals surface area contributed by atoms with E-state index in [9.17, 15) is 18.4 Å². The van der Waals surface area contributed by atoms with E-state index < -0.39 is 35.7 Å². The molecule has 0 heterocycles. The van der Waals surface area contributed by atoms with E-state index in [1.807, 2.05) is 5.32 Å². The topological polar surface area (TPSA) is 66.4 Å². The van der Waals surface area contributed by atoms with E-state index >= 15 is 0 Å². The molecular weight excluding hydrogens is 196 g/mol. The molecule has 80 valence electrons. The van der Waals surface area contributed by atoms with Crippen LogP contribution in [0, 0.1) is 5.41 Å². The van der Waals surface area contributed by atoms with Crippen LogP contribution in [-0.2, 0) is 9.59 Å². The number of alkyl halides is 2. The van der Waals surface area contributed by atoms with Crippen LogP contribution in [0.25, 0.3) is 0 Å². The maximum atomic E-state index is 12.7. The van der Waals surface area contributed by atoms with Crippen molar-refractivity contribution in [3.05, 3.63) is 0 Å². The number of aliphatic carboxylic acids is 1. The second-order valence-corrected chi connectivity index (χ2v) is 3.75. The molecule has 0 aromatic heterocycles. The van der Waals surface area contributed by atoms with Gasteiger partial charge in [-0.2, -0.15) is 0 Å². The Morgan fingerprint density at radius 1 is 1.50 bits per heavy atom. The third-order valence-electron chi connectivity index (χ3n) is 2.48. The van der Waals surface area contributed by atoms with Gasteiger partial charge in [-0.25, -0.2) is 8.78 Å². The van der Waals surface area contributed by atoms with Crippen LogP contribution in [-0.4, -0.2) is 28.9 Å². The number of carbonyl (C=O) groups excluding carboxylic acids is 1. The molecule has 1 fully saturated rings. The highest BCUT2D eigenvalue weighted by Crippen LogP contribution is 2.60. The highest BCUT2D eigenvalue weighted by molar-refractivity contribution is 5.90. The van der Waals surface area contributed by atoms with Gasteiger partial charge in [0.15, 0.2) is 0 Å². The monoisotopic (exact) mass is 207 g/mol. The van der Waals surface area contributed by atoms with Gasteiger partial charge in [-0.15, -0.1) is 0 Å². The summed E-state index contributed by atoms with van der Waals surface area (Å²) in [7, 11) is 0. The van der Waals surface area contributed by atoms with Crippen molar-refractivity contribution >= 4 is 11.9 Å². The lowest BCUT2D eigenvalue weighted by Gasteiger charge is -2.13. The van der Waals surface area contributed by atoms with Crippen molar-refractivity contribution in [1.82, 2.24) is 5.32 Å². The maximum absolute atomic E-state index is 12.7. The number of rotatable bonds is 3. The first-order valence-electron chi connectivity index (χ1n) is 4.12. The van der Waals surface area contributed by atoms with Crippen LogP contribution in [0.3, 0.4) is 0 Å². The van der Waals surface area contributed by atoms with Crippen LogP contribution in [0.15, 0.2) is 0 Å². The molecule has 1 aliphatic carbocycles. The fourth-order valence-corrected chi connectivity index (χ4v) is 1.06. The molecule has 0 aromatic carbocycles. The summed E-state index contributed by atoms with van der Waals surface area (Å²) in [5, 5.41) is 10.5. The zero-order chi connectivity index (χ0) is 11.1. The minimum atomic E-state index is -3.00. The van der Waals surface area contributed by atoms with Gasteiger partial charge in [-0.05, 0) is 13.8 Å². The van der Waals surface area contributed by atoms with Gasteiger partial charge in [0.05, 0.1) is 0 Å². The highest BCUT2D eigenvalue weighted by Gasteiger charge is 2.72. The van der Waals surface area contributed by atoms with Crippen molar-refractivity contribution in [2.45, 2.75) is 32.2 Å². The Hall–Kier alpha value is -1.20. The smallest absolute Gasteiger partial charge is 0.325 e. The Morgan fingerprint density at radius 3 is 2.21 bits per heavy atom. The average molecular weight is 207 g/mol. The number of carboxylic acid groups (broad SMARTS) is 1. The van der Waals surface area contributed by atoms with E-state index in [1.165, 1.54) is 6.92 Å². The van der Waals surface area contributed by atoms with E-state index in [0.717, 1.165) is 6.92 Å². The molecule has 0 aliphatic heterocycles. The zero-order valence-corrected chi connectivity index (χ0v) is 7.80. The zero-order valence-electron chi connectivity index (χ0n) is 7.80. The van der Waals surface area contributed by atoms with Gasteiger partial charge < -0.3 is 10.4 Å². The summed E-state index contributed by atoms with van der Waals surface area (Å²) in [5.74, 6) is -5.15. The largest absolute Gasteiger partial charge is 0.480 e. The Morgan fingerprint density at radius 2 is 1.93 bits per heavy atom. The van der Waals surface area contributed by atoms with Crippen molar-refractivity contribution in [2.75, 3.05) is 0 Å². The van der Waals surface area contributed by atoms with E-state index in [0.29, 0.717) is 0 Å². The van der Waals surface area contributed by atoms with E-state index in [2.05, 4.69) is 0 Å². The molecule has 0 radical (unpaired) electrons. The number of amides is 1. The van der Waals surface area contributed by atoms with Gasteiger partial charge in [0.2, 0.25) is 5.91 Å². The fourth-order valence-electron chi connectivity index (χ4n) is 1.06. The Bertz CT molecular complexity index is 292. The third kappa shape index (κ3) is 1.56. The molecule has 1 aliphatic rings. The number of nitrogens with one attached hydrogen (secondary N) is 1. The average Bonchev–Trinajstić information content (AvgIpc) is 2.52. The Kier molecular flexibility index (Phi) is 2.25. The van der Waals surface area contributed by atoms with E-state index in [1.54, 1.807) is 0 Å². The molecule has 0 saturated heterocycles. The minimum Gasteiger partial charge on any atom is -0.480 e. The number of carbonyl (C=O) groups is 2. The second kappa shape index (κ2) is 2.90. The number of carboxylic acids is 1. The minimum absolute atomic E-state index is 0.516. The van der Waals surface area contributed by atoms with Gasteiger partial charge in [-0.3, -0.25) is 9.59 Å². The predicted molar refractivity (Wildman–Crippen MR) is 42.9 cm³/mol. The van der Waals surface area contributed by atoms with E-state index in [4.69, 9.17) is 5.11 Å². The Labute approximate surface area is 79.3 Å². The van der Waals surface area contributed by atoms with Gasteiger partial charge >= 0.3 is 5.97 Å². The first-order chi connectivity index (χ1) is 6.21. The lowest BCUT2D eigenvalue weighted by molar-refractivity contribution is -0.143. The molecule has 1 unspecified atom stereocenters. The lowest BCUT2D eigenvalue weighted by atomic mass is 10.1. The van der Waals surface area contributed by atoms with Crippen LogP contribution < -0.4 is 5.32 Å². The van der Waals surface area contributed by atoms with Gasteiger partial charge in [-0.1, -0.05) is 0 Å². The summed E-state index contributed by atoms with van der Waals surface area (Å²) in [6.07, 6.45) is -0.516. The lowest BCUT2D eigenvalue weighted by Crippen LogP contribution is -2.43. The summed E-state index contributed by atoms with van der Waals surface area (Å²) in [4.78, 5) is 21.5. The van der Waals surface area contributed by atoms with Crippen molar-refractivity contribution in [2.24, 2.45) is 5.41 Å². The van der Waals surface area contributed by atoms with Crippen LogP contribution in [0.2, 0.25) is 0 Å². The van der Waals surface area contributed by atoms with Gasteiger partial charge in [0.1, 0.15) is 11.5 Å². The molecule has 0 spiro atoms. The standard InChI is InChI=1S/C8H11F2NO3/c1-4(5(12)13)11-6(14)7(2)3-8(7,9)10/h4H,3H2,1-2H3,(H,11,14)(H,12,13)/t4-,7?/m1/s1. The van der Waals surface area contributed by atoms with Crippen molar-refractivity contribution < 1.29 is 23.5 Å². The molecule has 6 heteroatoms. The second-order valence-electron chi connectivity index (χ2n) is 3.75. The summed E-state index contributed by atoms with van der Waals surface area (Å²) in [6, 6.07) is -1.14. The molecule has 0 aromatic rings. The third-order valence-corrected chi connectivity index (χ3v) is 2.48. The van der Waals surface area contributed by atoms with E-state index in [-0.39, 0.29) is 0 Å². The van der Waals surface area contributed by atoms with Crippen molar-refractivity contribution in [3.63, 3.8) is 0 Å². The predicted octanol–water partition coefficient (Wildman–Crippen LogP) is 0.621. The number of halogens is 2. The molecular formula is C8H11F2NO3. The maximum Gasteiger partial charge on any atom is 0.325 e.